The number of phosphoric ester groups is 1. The second-order valence-corrected chi connectivity index (χ2v) is 13.2. The van der Waals surface area contributed by atoms with Crippen molar-refractivity contribution in [3.8, 4) is 0 Å². The van der Waals surface area contributed by atoms with Gasteiger partial charge in [0.15, 0.2) is 11.2 Å². The van der Waals surface area contributed by atoms with Crippen molar-refractivity contribution in [3.05, 3.63) is 16.7 Å². The lowest BCUT2D eigenvalue weighted by molar-refractivity contribution is -0.0421. The van der Waals surface area contributed by atoms with E-state index in [2.05, 4.69) is 23.8 Å². The summed E-state index contributed by atoms with van der Waals surface area (Å²) < 4.78 is 50.0. The molecule has 0 amide bonds. The van der Waals surface area contributed by atoms with E-state index in [0.29, 0.717) is 0 Å². The number of nitrogens with two attached hydrogens (primary N) is 1. The maximum Gasteiger partial charge on any atom is 0.479 e. The Labute approximate surface area is 182 Å². The van der Waals surface area contributed by atoms with Crippen LogP contribution in [0.3, 0.4) is 0 Å². The molecule has 0 aromatic carbocycles. The summed E-state index contributed by atoms with van der Waals surface area (Å²) in [5, 5.41) is 10.2. The number of halogens is 1. The summed E-state index contributed by atoms with van der Waals surface area (Å²) >= 11 is 5.15. The third-order valence-electron chi connectivity index (χ3n) is 4.13. The number of rotatable bonds is 8. The number of aromatic amines is 1. The molecule has 32 heavy (non-hydrogen) atoms. The van der Waals surface area contributed by atoms with Gasteiger partial charge in [0, 0.05) is 6.42 Å². The predicted molar refractivity (Wildman–Crippen MR) is 105 cm³/mol. The van der Waals surface area contributed by atoms with Crippen molar-refractivity contribution in [1.29, 1.82) is 0 Å². The second-order valence-electron chi connectivity index (χ2n) is 6.52. The Bertz CT molecular complexity index is 1210. The van der Waals surface area contributed by atoms with Gasteiger partial charge in [0.1, 0.15) is 12.3 Å². The lowest BCUT2D eigenvalue weighted by Crippen LogP contribution is -2.26. The van der Waals surface area contributed by atoms with E-state index >= 15 is 0 Å². The molecule has 0 spiro atoms. The molecule has 1 saturated heterocycles. The predicted octanol–water partition coefficient (Wildman–Crippen LogP) is -0.631. The third-order valence-corrected chi connectivity index (χ3v) is 10.7. The maximum atomic E-state index is 11.9. The van der Waals surface area contributed by atoms with Gasteiger partial charge >= 0.3 is 23.0 Å². The standard InChI is InChI=1S/C11H17ClN5O12P3/c12-10(30(20,21)22)31(23,24)29-32(25,26)27-2-5-4(18)1-6(28-5)17-3-14-7-8(17)15-11(13)16-9(7)19/h3-6,10,18H,1-2H2,(H,23,24)(H,25,26)(H2,20,21,22)(H3,13,15,16,19)/t4-,5+,6+,10?/m0/s1. The van der Waals surface area contributed by atoms with Gasteiger partial charge in [-0.25, -0.2) is 13.9 Å². The highest BCUT2D eigenvalue weighted by Crippen LogP contribution is 2.71. The second kappa shape index (κ2) is 8.87. The number of hydrogen-bond donors (Lipinski definition) is 7. The first-order valence-corrected chi connectivity index (χ1v) is 13.6. The molecule has 0 saturated carbocycles. The Morgan fingerprint density at radius 1 is 1.34 bits per heavy atom. The van der Waals surface area contributed by atoms with Gasteiger partial charge in [0.2, 0.25) is 10.8 Å². The van der Waals surface area contributed by atoms with E-state index in [0.717, 1.165) is 0 Å². The summed E-state index contributed by atoms with van der Waals surface area (Å²) in [5.74, 6) is -0.192. The zero-order valence-corrected chi connectivity index (χ0v) is 19.0. The zero-order chi connectivity index (χ0) is 24.1. The summed E-state index contributed by atoms with van der Waals surface area (Å²) in [6.07, 6.45) is -2.36. The third kappa shape index (κ3) is 5.47. The van der Waals surface area contributed by atoms with Crippen molar-refractivity contribution >= 4 is 51.7 Å². The smallest absolute Gasteiger partial charge is 0.390 e. The van der Waals surface area contributed by atoms with Gasteiger partial charge in [-0.2, -0.15) is 4.98 Å². The number of hydrogen-bond acceptors (Lipinski definition) is 11. The fourth-order valence-electron chi connectivity index (χ4n) is 2.76. The molecule has 6 atom stereocenters. The van der Waals surface area contributed by atoms with Crippen molar-refractivity contribution in [3.63, 3.8) is 0 Å². The average molecular weight is 540 g/mol. The number of alkyl halides is 1. The molecule has 0 bridgehead atoms. The molecule has 3 heterocycles. The van der Waals surface area contributed by atoms with Gasteiger partial charge in [-0.15, -0.1) is 0 Å². The largest absolute Gasteiger partial charge is 0.479 e. The fourth-order valence-corrected chi connectivity index (χ4v) is 7.00. The minimum atomic E-state index is -5.50. The highest BCUT2D eigenvalue weighted by atomic mass is 35.5. The van der Waals surface area contributed by atoms with E-state index in [-0.39, 0.29) is 23.5 Å². The van der Waals surface area contributed by atoms with Crippen LogP contribution in [0.5, 0.6) is 0 Å². The fraction of sp³-hybridized carbons (Fsp3) is 0.545. The van der Waals surface area contributed by atoms with Crippen LogP contribution >= 0.6 is 34.6 Å². The minimum Gasteiger partial charge on any atom is -0.390 e. The van der Waals surface area contributed by atoms with Crippen molar-refractivity contribution in [2.45, 2.75) is 29.7 Å². The molecule has 3 rings (SSSR count). The highest BCUT2D eigenvalue weighted by Gasteiger charge is 2.49. The molecule has 8 N–H and O–H groups in total. The van der Waals surface area contributed by atoms with Crippen molar-refractivity contribution < 1.29 is 51.9 Å². The van der Waals surface area contributed by atoms with Crippen molar-refractivity contribution in [2.24, 2.45) is 0 Å². The van der Waals surface area contributed by atoms with E-state index in [1.54, 1.807) is 0 Å². The molecule has 21 heteroatoms. The van der Waals surface area contributed by atoms with Gasteiger partial charge in [-0.05, 0) is 0 Å². The molecule has 1 fully saturated rings. The van der Waals surface area contributed by atoms with Crippen molar-refractivity contribution in [2.75, 3.05) is 12.3 Å². The number of nitrogens with one attached hydrogen (secondary N) is 1. The van der Waals surface area contributed by atoms with Crippen LogP contribution < -0.4 is 11.3 Å². The quantitative estimate of drug-likeness (QED) is 0.162. The number of fused-ring (bicyclic) bond motifs is 1. The summed E-state index contributed by atoms with van der Waals surface area (Å²) in [6.45, 7) is -0.836. The zero-order valence-electron chi connectivity index (χ0n) is 15.5. The monoisotopic (exact) mass is 539 g/mol. The highest BCUT2D eigenvalue weighted by molar-refractivity contribution is 7.77. The Morgan fingerprint density at radius 2 is 2.00 bits per heavy atom. The van der Waals surface area contributed by atoms with E-state index in [1.165, 1.54) is 10.9 Å². The lowest BCUT2D eigenvalue weighted by atomic mass is 10.2. The summed E-state index contributed by atoms with van der Waals surface area (Å²) in [4.78, 5) is 55.9. The summed E-state index contributed by atoms with van der Waals surface area (Å²) in [6, 6.07) is 0. The number of anilines is 1. The molecule has 17 nitrogen and oxygen atoms in total. The maximum absolute atomic E-state index is 11.9. The SMILES string of the molecule is Nc1nc2c(ncn2[C@H]2C[C@H](O)[C@@H](COP(=O)(O)OP(=O)(O)C(Cl)P(=O)(O)O)O2)c(=O)[nH]1. The van der Waals surface area contributed by atoms with E-state index in [9.17, 15) is 33.4 Å². The molecule has 1 aliphatic rings. The van der Waals surface area contributed by atoms with Crippen LogP contribution in [0.4, 0.5) is 5.95 Å². The van der Waals surface area contributed by atoms with Crippen LogP contribution in [0.2, 0.25) is 0 Å². The number of nitrogens with zero attached hydrogens (tertiary/aromatic N) is 3. The number of aliphatic hydroxyl groups is 1. The molecule has 3 unspecified atom stereocenters. The van der Waals surface area contributed by atoms with E-state index in [4.69, 9.17) is 31.9 Å². The van der Waals surface area contributed by atoms with Gasteiger partial charge < -0.3 is 35.2 Å². The molecular weight excluding hydrogens is 523 g/mol. The number of nitrogen functional groups attached to an aromatic ring is 1. The Morgan fingerprint density at radius 3 is 2.62 bits per heavy atom. The number of phosphoric acid groups is 1. The molecule has 2 aromatic rings. The van der Waals surface area contributed by atoms with Gasteiger partial charge in [-0.3, -0.25) is 28.0 Å². The summed E-state index contributed by atoms with van der Waals surface area (Å²) in [5.41, 5.74) is 4.90. The molecule has 1 aliphatic heterocycles. The topological polar surface area (TPSA) is 270 Å². The van der Waals surface area contributed by atoms with Gasteiger partial charge in [0.05, 0.1) is 19.0 Å². The number of H-pyrrole nitrogens is 1. The minimum absolute atomic E-state index is 0.0491. The Kier molecular flexibility index (Phi) is 7.05. The normalized spacial score (nSPS) is 26.6. The molecule has 180 valence electrons. The lowest BCUT2D eigenvalue weighted by Gasteiger charge is -2.22. The summed E-state index contributed by atoms with van der Waals surface area (Å²) in [7, 11) is -16.2. The molecular formula is C11H17ClN5O12P3. The van der Waals surface area contributed by atoms with Crippen LogP contribution in [0, 0.1) is 0 Å². The van der Waals surface area contributed by atoms with E-state index in [1.807, 2.05) is 0 Å². The Balaban J connectivity index is 1.68. The van der Waals surface area contributed by atoms with Crippen LogP contribution in [-0.2, 0) is 27.3 Å². The Hall–Kier alpha value is -1.19. The van der Waals surface area contributed by atoms with E-state index < -0.39 is 58.5 Å². The average Bonchev–Trinajstić information content (AvgIpc) is 3.21. The number of aromatic nitrogens is 4. The first kappa shape index (κ1) is 25.4. The molecule has 0 aliphatic carbocycles. The van der Waals surface area contributed by atoms with Crippen LogP contribution in [0.25, 0.3) is 11.2 Å². The molecule has 0 radical (unpaired) electrons. The van der Waals surface area contributed by atoms with Crippen LogP contribution in [-0.4, -0.2) is 67.9 Å². The number of aliphatic hydroxyl groups excluding tert-OH is 1. The van der Waals surface area contributed by atoms with Gasteiger partial charge in [0.25, 0.3) is 5.56 Å². The van der Waals surface area contributed by atoms with Gasteiger partial charge in [-0.1, -0.05) is 11.6 Å². The van der Waals surface area contributed by atoms with Crippen LogP contribution in [0.15, 0.2) is 11.1 Å². The number of imidazole rings is 1. The van der Waals surface area contributed by atoms with Crippen molar-refractivity contribution in [1.82, 2.24) is 19.5 Å². The van der Waals surface area contributed by atoms with Crippen LogP contribution in [0.1, 0.15) is 12.6 Å². The number of ether oxygens (including phenoxy) is 1. The molecule has 2 aromatic heterocycles. The first-order chi connectivity index (χ1) is 14.6. The first-order valence-electron chi connectivity index (χ1n) is 8.37.